The number of aliphatic carboxylic acids is 1. The molecule has 1 aliphatic heterocycles. The Morgan fingerprint density at radius 3 is 2.64 bits per heavy atom. The van der Waals surface area contributed by atoms with E-state index in [4.69, 9.17) is 5.73 Å². The minimum Gasteiger partial charge on any atom is -0.480 e. The zero-order valence-corrected chi connectivity index (χ0v) is 21.7. The number of hydrogen-bond acceptors (Lipinski definition) is 7. The molecule has 0 saturated heterocycles. The monoisotopic (exact) mass is 496 g/mol. The summed E-state index contributed by atoms with van der Waals surface area (Å²) >= 11 is 5.87. The van der Waals surface area contributed by atoms with E-state index in [-0.39, 0.29) is 18.0 Å². The molecule has 1 aliphatic rings. The first-order valence-electron chi connectivity index (χ1n) is 11.7. The van der Waals surface area contributed by atoms with Crippen molar-refractivity contribution in [2.45, 2.75) is 63.8 Å². The van der Waals surface area contributed by atoms with Crippen molar-refractivity contribution in [1.29, 1.82) is 0 Å². The summed E-state index contributed by atoms with van der Waals surface area (Å²) in [5.41, 5.74) is 8.45. The second kappa shape index (κ2) is 14.2. The van der Waals surface area contributed by atoms with Crippen LogP contribution in [0.2, 0.25) is 0 Å². The Morgan fingerprint density at radius 1 is 1.33 bits per heavy atom. The van der Waals surface area contributed by atoms with Gasteiger partial charge < -0.3 is 21.5 Å². The minimum atomic E-state index is -0.986. The Kier molecular flexibility index (Phi) is 12.0. The number of fused-ring (bicyclic) bond motifs is 1. The van der Waals surface area contributed by atoms with Gasteiger partial charge in [-0.15, -0.1) is 0 Å². The van der Waals surface area contributed by atoms with Gasteiger partial charge in [-0.2, -0.15) is 24.4 Å². The van der Waals surface area contributed by atoms with Crippen molar-refractivity contribution in [3.05, 3.63) is 35.4 Å². The van der Waals surface area contributed by atoms with E-state index in [0.717, 1.165) is 12.0 Å². The highest BCUT2D eigenvalue weighted by molar-refractivity contribution is 7.98. The van der Waals surface area contributed by atoms with Crippen LogP contribution in [0.1, 0.15) is 37.8 Å². The van der Waals surface area contributed by atoms with E-state index in [0.29, 0.717) is 49.9 Å². The SMILES string of the molecule is CCC(C)C(CN1Cc2ccccc2CC1C(=O)NC(CCSC)C(=O)O)NCC(N)CS. The van der Waals surface area contributed by atoms with Gasteiger partial charge >= 0.3 is 5.97 Å². The van der Waals surface area contributed by atoms with Gasteiger partial charge in [0.15, 0.2) is 0 Å². The van der Waals surface area contributed by atoms with E-state index < -0.39 is 18.1 Å². The highest BCUT2D eigenvalue weighted by atomic mass is 32.2. The summed E-state index contributed by atoms with van der Waals surface area (Å²) in [7, 11) is 0. The Bertz CT molecular complexity index is 767. The number of thioether (sulfide) groups is 1. The lowest BCUT2D eigenvalue weighted by atomic mass is 9.91. The molecule has 5 unspecified atom stereocenters. The predicted octanol–water partition coefficient (Wildman–Crippen LogP) is 2.00. The number of nitrogens with two attached hydrogens (primary N) is 1. The highest BCUT2D eigenvalue weighted by Gasteiger charge is 2.35. The van der Waals surface area contributed by atoms with E-state index in [1.807, 2.05) is 18.4 Å². The quantitative estimate of drug-likeness (QED) is 0.251. The third kappa shape index (κ3) is 8.47. The van der Waals surface area contributed by atoms with E-state index in [1.54, 1.807) is 11.8 Å². The summed E-state index contributed by atoms with van der Waals surface area (Å²) in [5, 5.41) is 16.0. The molecule has 9 heteroatoms. The highest BCUT2D eigenvalue weighted by Crippen LogP contribution is 2.25. The molecule has 0 aromatic heterocycles. The molecule has 1 aromatic carbocycles. The molecule has 0 bridgehead atoms. The fourth-order valence-corrected chi connectivity index (χ4v) is 4.74. The lowest BCUT2D eigenvalue weighted by Gasteiger charge is -2.40. The predicted molar refractivity (Wildman–Crippen MR) is 140 cm³/mol. The Balaban J connectivity index is 2.23. The van der Waals surface area contributed by atoms with Crippen molar-refractivity contribution in [3.8, 4) is 0 Å². The van der Waals surface area contributed by atoms with Crippen LogP contribution in [0.25, 0.3) is 0 Å². The van der Waals surface area contributed by atoms with Crippen molar-refractivity contribution < 1.29 is 14.7 Å². The topological polar surface area (TPSA) is 108 Å². The molecule has 5 atom stereocenters. The number of carbonyl (C=O) groups is 2. The zero-order chi connectivity index (χ0) is 24.4. The number of carboxylic acid groups (broad SMARTS) is 1. The van der Waals surface area contributed by atoms with Crippen LogP contribution < -0.4 is 16.4 Å². The van der Waals surface area contributed by atoms with E-state index in [1.165, 1.54) is 5.56 Å². The summed E-state index contributed by atoms with van der Waals surface area (Å²) in [6.45, 7) is 6.37. The Labute approximate surface area is 208 Å². The number of hydrogen-bond donors (Lipinski definition) is 5. The molecule has 186 valence electrons. The number of carboxylic acids is 1. The van der Waals surface area contributed by atoms with Crippen molar-refractivity contribution >= 4 is 36.3 Å². The van der Waals surface area contributed by atoms with Gasteiger partial charge in [0.1, 0.15) is 6.04 Å². The van der Waals surface area contributed by atoms with Gasteiger partial charge in [0, 0.05) is 37.5 Å². The van der Waals surface area contributed by atoms with Crippen molar-refractivity contribution in [1.82, 2.24) is 15.5 Å². The maximum Gasteiger partial charge on any atom is 0.326 e. The first-order valence-corrected chi connectivity index (χ1v) is 13.8. The van der Waals surface area contributed by atoms with Gasteiger partial charge in [0.2, 0.25) is 5.91 Å². The zero-order valence-electron chi connectivity index (χ0n) is 20.0. The van der Waals surface area contributed by atoms with E-state index >= 15 is 0 Å². The summed E-state index contributed by atoms with van der Waals surface area (Å²) in [4.78, 5) is 27.3. The Hall–Kier alpha value is -1.26. The first kappa shape index (κ1) is 28.0. The van der Waals surface area contributed by atoms with Crippen LogP contribution in [0, 0.1) is 5.92 Å². The number of benzene rings is 1. The minimum absolute atomic E-state index is 0.0335. The molecule has 1 amide bonds. The van der Waals surface area contributed by atoms with Crippen LogP contribution in [0.5, 0.6) is 0 Å². The van der Waals surface area contributed by atoms with Crippen molar-refractivity contribution in [3.63, 3.8) is 0 Å². The second-order valence-corrected chi connectivity index (χ2v) is 10.3. The number of thiol groups is 1. The van der Waals surface area contributed by atoms with Crippen LogP contribution in [0.4, 0.5) is 0 Å². The van der Waals surface area contributed by atoms with Gasteiger partial charge in [0.25, 0.3) is 0 Å². The fraction of sp³-hybridized carbons (Fsp3) is 0.667. The summed E-state index contributed by atoms with van der Waals surface area (Å²) in [5.74, 6) is 0.480. The summed E-state index contributed by atoms with van der Waals surface area (Å²) in [6, 6.07) is 7.02. The smallest absolute Gasteiger partial charge is 0.326 e. The van der Waals surface area contributed by atoms with Crippen LogP contribution >= 0.6 is 24.4 Å². The lowest BCUT2D eigenvalue weighted by molar-refractivity contribution is -0.143. The third-order valence-electron chi connectivity index (χ3n) is 6.51. The van der Waals surface area contributed by atoms with Crippen LogP contribution in [0.3, 0.4) is 0 Å². The standard InChI is InChI=1S/C24H40N4O3S2/c1-4-16(2)21(26-12-19(25)15-32)14-28-13-18-8-6-5-7-17(18)11-22(28)23(29)27-20(24(30)31)9-10-33-3/h5-8,16,19-22,26,32H,4,9-15,25H2,1-3H3,(H,27,29)(H,30,31). The summed E-state index contributed by atoms with van der Waals surface area (Å²) in [6.07, 6.45) is 3.91. The van der Waals surface area contributed by atoms with Gasteiger partial charge in [-0.1, -0.05) is 44.5 Å². The number of rotatable bonds is 14. The number of nitrogens with one attached hydrogen (secondary N) is 2. The Morgan fingerprint density at radius 2 is 2.03 bits per heavy atom. The van der Waals surface area contributed by atoms with Gasteiger partial charge in [-0.05, 0) is 41.9 Å². The molecule has 5 N–H and O–H groups in total. The molecule has 1 heterocycles. The maximum atomic E-state index is 13.4. The molecular formula is C24H40N4O3S2. The number of amides is 1. The number of nitrogens with zero attached hydrogens (tertiary/aromatic N) is 1. The second-order valence-electron chi connectivity index (χ2n) is 8.94. The largest absolute Gasteiger partial charge is 0.480 e. The molecule has 0 spiro atoms. The van der Waals surface area contributed by atoms with Crippen LogP contribution in [-0.2, 0) is 22.6 Å². The van der Waals surface area contributed by atoms with Crippen molar-refractivity contribution in [2.75, 3.05) is 30.9 Å². The van der Waals surface area contributed by atoms with E-state index in [2.05, 4.69) is 54.1 Å². The molecule has 7 nitrogen and oxygen atoms in total. The lowest BCUT2D eigenvalue weighted by Crippen LogP contribution is -2.57. The average molecular weight is 497 g/mol. The third-order valence-corrected chi connectivity index (χ3v) is 7.63. The van der Waals surface area contributed by atoms with Gasteiger partial charge in [0.05, 0.1) is 6.04 Å². The maximum absolute atomic E-state index is 13.4. The van der Waals surface area contributed by atoms with Crippen LogP contribution in [-0.4, -0.2) is 76.9 Å². The molecular weight excluding hydrogens is 456 g/mol. The molecule has 0 radical (unpaired) electrons. The van der Waals surface area contributed by atoms with E-state index in [9.17, 15) is 14.7 Å². The fourth-order valence-electron chi connectivity index (χ4n) is 4.14. The average Bonchev–Trinajstić information content (AvgIpc) is 2.82. The first-order chi connectivity index (χ1) is 15.8. The van der Waals surface area contributed by atoms with Crippen molar-refractivity contribution in [2.24, 2.45) is 11.7 Å². The molecule has 0 fully saturated rings. The van der Waals surface area contributed by atoms with Gasteiger partial charge in [-0.3, -0.25) is 9.69 Å². The summed E-state index contributed by atoms with van der Waals surface area (Å²) < 4.78 is 0. The molecule has 0 saturated carbocycles. The number of carbonyl (C=O) groups excluding carboxylic acids is 1. The molecule has 33 heavy (non-hydrogen) atoms. The van der Waals surface area contributed by atoms with Crippen LogP contribution in [0.15, 0.2) is 24.3 Å². The molecule has 2 rings (SSSR count). The molecule has 0 aliphatic carbocycles. The normalized spacial score (nSPS) is 19.8. The van der Waals surface area contributed by atoms with Gasteiger partial charge in [-0.25, -0.2) is 4.79 Å². The molecule has 1 aromatic rings.